The number of hydrogen-bond donors (Lipinski definition) is 1. The molecule has 2 aromatic heterocycles. The third kappa shape index (κ3) is 6.41. The largest absolute Gasteiger partial charge is 0.442 e. The third-order valence-electron chi connectivity index (χ3n) is 5.35. The summed E-state index contributed by atoms with van der Waals surface area (Å²) >= 11 is 6.13. The Labute approximate surface area is 219 Å². The highest BCUT2D eigenvalue weighted by Crippen LogP contribution is 2.41. The maximum Gasteiger partial charge on any atom is 0.442 e. The number of nitrogens with one attached hydrogen (secondary N) is 1. The molecule has 7 nitrogen and oxygen atoms in total. The Bertz CT molecular complexity index is 1470. The summed E-state index contributed by atoms with van der Waals surface area (Å²) in [6.45, 7) is 0. The van der Waals surface area contributed by atoms with Gasteiger partial charge in [-0.25, -0.2) is 13.8 Å². The van der Waals surface area contributed by atoms with E-state index in [0.29, 0.717) is 10.2 Å². The number of carbonyl (C=O) groups excluding carboxylic acids is 1. The van der Waals surface area contributed by atoms with E-state index < -0.39 is 47.4 Å². The second kappa shape index (κ2) is 10.4. The number of carbonyl (C=O) groups is 1. The van der Waals surface area contributed by atoms with E-state index in [4.69, 9.17) is 11.6 Å². The highest BCUT2D eigenvalue weighted by molar-refractivity contribution is 6.34. The van der Waals surface area contributed by atoms with E-state index >= 15 is 0 Å². The molecule has 0 spiro atoms. The van der Waals surface area contributed by atoms with Gasteiger partial charge in [0.1, 0.15) is 0 Å². The van der Waals surface area contributed by atoms with E-state index in [9.17, 15) is 39.9 Å². The first-order valence-corrected chi connectivity index (χ1v) is 11.3. The van der Waals surface area contributed by atoms with Gasteiger partial charge in [-0.2, -0.15) is 35.8 Å². The first kappa shape index (κ1) is 28.1. The van der Waals surface area contributed by atoms with Crippen molar-refractivity contribution < 1.29 is 44.7 Å². The monoisotopic (exact) mass is 581 g/mol. The van der Waals surface area contributed by atoms with Gasteiger partial charge in [0.25, 0.3) is 17.8 Å². The van der Waals surface area contributed by atoms with Crippen molar-refractivity contribution in [2.75, 3.05) is 0 Å². The lowest BCUT2D eigenvalue weighted by Gasteiger charge is -2.10. The molecular weight excluding hydrogens is 566 g/mol. The number of allylic oxidation sites excluding steroid dienone is 3. The summed E-state index contributed by atoms with van der Waals surface area (Å²) in [6.07, 6.45) is -7.04. The number of nitrogens with zero attached hydrogens (tertiary/aromatic N) is 4. The molecule has 1 fully saturated rings. The van der Waals surface area contributed by atoms with Gasteiger partial charge < -0.3 is 10.1 Å². The number of alkyl halides is 6. The predicted octanol–water partition coefficient (Wildman–Crippen LogP) is 6.44. The van der Waals surface area contributed by atoms with Crippen molar-refractivity contribution in [1.82, 2.24) is 24.9 Å². The highest BCUT2D eigenvalue weighted by atomic mass is 35.5. The van der Waals surface area contributed by atoms with Crippen LogP contribution in [0.2, 0.25) is 5.02 Å². The topological polar surface area (TPSA) is 74.0 Å². The van der Waals surface area contributed by atoms with Gasteiger partial charge in [0.2, 0.25) is 5.83 Å². The molecule has 1 aliphatic carbocycles. The molecule has 16 heteroatoms. The summed E-state index contributed by atoms with van der Waals surface area (Å²) in [7, 11) is 1.06. The van der Waals surface area contributed by atoms with Crippen LogP contribution in [0, 0.1) is 0 Å². The lowest BCUT2D eigenvalue weighted by molar-refractivity contribution is -0.138. The third-order valence-corrected chi connectivity index (χ3v) is 5.68. The molecule has 0 saturated heterocycles. The zero-order valence-electron chi connectivity index (χ0n) is 19.5. The SMILES string of the molecule is Cn1nc(O/C(F)=C\C=C(\F)C(F)(F)F)c(C(F)(F)F)c1-n1cc(-c2ccc(Cl)c(C(=O)NC3CC3)c2)cn1. The Kier molecular flexibility index (Phi) is 7.47. The van der Waals surface area contributed by atoms with E-state index in [2.05, 4.69) is 20.3 Å². The molecule has 0 bridgehead atoms. The van der Waals surface area contributed by atoms with Gasteiger partial charge in [0, 0.05) is 30.9 Å². The lowest BCUT2D eigenvalue weighted by Crippen LogP contribution is -2.25. The maximum atomic E-state index is 14.0. The van der Waals surface area contributed by atoms with Crippen molar-refractivity contribution in [3.8, 4) is 22.8 Å². The molecule has 1 saturated carbocycles. The average Bonchev–Trinajstić information content (AvgIpc) is 3.39. The molecule has 39 heavy (non-hydrogen) atoms. The molecule has 0 unspecified atom stereocenters. The number of aromatic nitrogens is 4. The summed E-state index contributed by atoms with van der Waals surface area (Å²) in [6, 6.07) is 2.48. The molecule has 2 heterocycles. The standard InChI is InChI=1S/C23H16ClF8N5O2/c1-36-21(18(23(30,31)32)20(35-36)39-17(26)7-6-16(25)22(27,28)29)37-10-12(9-33-37)11-2-5-15(24)14(8-11)19(38)34-13-3-4-13/h2,5-10,13H,3-4H2,1H3,(H,34,38)/b16-6+,17-7-. The Morgan fingerprint density at radius 2 is 1.82 bits per heavy atom. The number of benzene rings is 1. The van der Waals surface area contributed by atoms with E-state index in [-0.39, 0.29) is 34.3 Å². The maximum absolute atomic E-state index is 14.0. The zero-order chi connectivity index (χ0) is 28.7. The summed E-state index contributed by atoms with van der Waals surface area (Å²) in [5, 5.41) is 10.3. The molecule has 0 atom stereocenters. The molecular formula is C23H16ClF8N5O2. The molecule has 1 aliphatic rings. The van der Waals surface area contributed by atoms with Crippen molar-refractivity contribution in [2.24, 2.45) is 7.05 Å². The number of amides is 1. The van der Waals surface area contributed by atoms with Gasteiger partial charge >= 0.3 is 12.4 Å². The van der Waals surface area contributed by atoms with Crippen molar-refractivity contribution in [3.63, 3.8) is 0 Å². The van der Waals surface area contributed by atoms with Crippen LogP contribution in [0.1, 0.15) is 28.8 Å². The van der Waals surface area contributed by atoms with Crippen molar-refractivity contribution in [3.05, 3.63) is 70.7 Å². The van der Waals surface area contributed by atoms with E-state index in [1.165, 1.54) is 30.6 Å². The minimum atomic E-state index is -5.42. The number of ether oxygens (including phenoxy) is 1. The van der Waals surface area contributed by atoms with Gasteiger partial charge in [0.15, 0.2) is 11.4 Å². The Hall–Kier alpha value is -3.88. The summed E-state index contributed by atoms with van der Waals surface area (Å²) in [4.78, 5) is 12.5. The Morgan fingerprint density at radius 3 is 2.44 bits per heavy atom. The van der Waals surface area contributed by atoms with Gasteiger partial charge in [-0.1, -0.05) is 17.7 Å². The average molecular weight is 582 g/mol. The van der Waals surface area contributed by atoms with E-state index in [1.54, 1.807) is 0 Å². The lowest BCUT2D eigenvalue weighted by atomic mass is 10.1. The molecule has 208 valence electrons. The van der Waals surface area contributed by atoms with Crippen LogP contribution in [0.3, 0.4) is 0 Å². The number of rotatable bonds is 7. The summed E-state index contributed by atoms with van der Waals surface area (Å²) in [5.41, 5.74) is -0.780. The first-order chi connectivity index (χ1) is 18.1. The van der Waals surface area contributed by atoms with Crippen LogP contribution in [0.5, 0.6) is 5.88 Å². The quantitative estimate of drug-likeness (QED) is 0.198. The van der Waals surface area contributed by atoms with Crippen LogP contribution < -0.4 is 10.1 Å². The number of aryl methyl sites for hydroxylation is 1. The fraction of sp³-hybridized carbons (Fsp3) is 0.261. The predicted molar refractivity (Wildman–Crippen MR) is 121 cm³/mol. The van der Waals surface area contributed by atoms with Crippen LogP contribution in [0.15, 0.2) is 54.6 Å². The van der Waals surface area contributed by atoms with Gasteiger partial charge in [-0.05, 0) is 36.6 Å². The van der Waals surface area contributed by atoms with Crippen LogP contribution in [-0.4, -0.2) is 37.7 Å². The molecule has 1 aromatic carbocycles. The molecule has 0 aliphatic heterocycles. The fourth-order valence-electron chi connectivity index (χ4n) is 3.39. The Morgan fingerprint density at radius 1 is 1.13 bits per heavy atom. The van der Waals surface area contributed by atoms with E-state index in [1.807, 2.05) is 0 Å². The van der Waals surface area contributed by atoms with E-state index in [0.717, 1.165) is 24.6 Å². The molecule has 1 amide bonds. The van der Waals surface area contributed by atoms with Gasteiger partial charge in [-0.3, -0.25) is 4.79 Å². The number of hydrogen-bond acceptors (Lipinski definition) is 4. The first-order valence-electron chi connectivity index (χ1n) is 10.9. The summed E-state index contributed by atoms with van der Waals surface area (Å²) < 4.78 is 111. The second-order valence-corrected chi connectivity index (χ2v) is 8.73. The van der Waals surface area contributed by atoms with Gasteiger partial charge in [0.05, 0.1) is 16.8 Å². The Balaban J connectivity index is 1.68. The van der Waals surface area contributed by atoms with Crippen LogP contribution >= 0.6 is 11.6 Å². The minimum absolute atomic E-state index is 0.0568. The van der Waals surface area contributed by atoms with Crippen molar-refractivity contribution in [1.29, 1.82) is 0 Å². The molecule has 3 aromatic rings. The molecule has 1 N–H and O–H groups in total. The second-order valence-electron chi connectivity index (χ2n) is 8.33. The fourth-order valence-corrected chi connectivity index (χ4v) is 3.59. The van der Waals surface area contributed by atoms with Crippen LogP contribution in [0.4, 0.5) is 35.1 Å². The zero-order valence-corrected chi connectivity index (χ0v) is 20.3. The normalized spacial score (nSPS) is 15.0. The number of halogens is 9. The minimum Gasteiger partial charge on any atom is -0.410 e. The van der Waals surface area contributed by atoms with Crippen molar-refractivity contribution in [2.45, 2.75) is 31.2 Å². The van der Waals surface area contributed by atoms with Gasteiger partial charge in [-0.15, -0.1) is 5.10 Å². The molecule has 0 radical (unpaired) electrons. The summed E-state index contributed by atoms with van der Waals surface area (Å²) in [5.74, 6) is -5.19. The smallest absolute Gasteiger partial charge is 0.410 e. The molecule has 4 rings (SSSR count). The van der Waals surface area contributed by atoms with Crippen LogP contribution in [0.25, 0.3) is 16.9 Å². The van der Waals surface area contributed by atoms with Crippen molar-refractivity contribution >= 4 is 17.5 Å². The highest BCUT2D eigenvalue weighted by Gasteiger charge is 2.42. The van der Waals surface area contributed by atoms with Crippen LogP contribution in [-0.2, 0) is 13.2 Å².